The summed E-state index contributed by atoms with van der Waals surface area (Å²) < 4.78 is 5.15. The lowest BCUT2D eigenvalue weighted by atomic mass is 9.77. The Kier molecular flexibility index (Phi) is 6.35. The zero-order valence-corrected chi connectivity index (χ0v) is 13.1. The average molecular weight is 316 g/mol. The van der Waals surface area contributed by atoms with Crippen LogP contribution < -0.4 is 0 Å². The molecule has 0 aromatic rings. The Labute approximate surface area is 131 Å². The Morgan fingerprint density at radius 3 is 2.14 bits per heavy atom. The maximum Gasteiger partial charge on any atom is 0.141 e. The molecule has 0 radical (unpaired) electrons. The summed E-state index contributed by atoms with van der Waals surface area (Å²) in [5.74, 6) is -0.632. The third-order valence-corrected chi connectivity index (χ3v) is 5.23. The monoisotopic (exact) mass is 316 g/mol. The first kappa shape index (κ1) is 17.8. The minimum atomic E-state index is -0.861. The molecule has 0 amide bonds. The molecular weight excluding hydrogens is 288 g/mol. The predicted octanol–water partition coefficient (Wildman–Crippen LogP) is 0.00440. The Morgan fingerprint density at radius 2 is 1.59 bits per heavy atom. The summed E-state index contributed by atoms with van der Waals surface area (Å²) in [6.45, 7) is 0. The molecule has 0 aromatic carbocycles. The van der Waals surface area contributed by atoms with Crippen molar-refractivity contribution in [3.63, 3.8) is 0 Å². The minimum absolute atomic E-state index is 0.116. The number of ether oxygens (including phenoxy) is 1. The second kappa shape index (κ2) is 7.84. The van der Waals surface area contributed by atoms with Gasteiger partial charge in [-0.15, -0.1) is 0 Å². The molecular formula is C16H28O6. The molecule has 0 aliphatic heterocycles. The lowest BCUT2D eigenvalue weighted by Crippen LogP contribution is -2.46. The number of aliphatic hydroxyl groups excluding tert-OH is 4. The fourth-order valence-electron chi connectivity index (χ4n) is 3.80. The Balaban J connectivity index is 1.82. The van der Waals surface area contributed by atoms with Crippen molar-refractivity contribution in [3.8, 4) is 0 Å². The highest BCUT2D eigenvalue weighted by molar-refractivity contribution is 5.82. The fourth-order valence-corrected chi connectivity index (χ4v) is 3.80. The number of hydrogen-bond donors (Lipinski definition) is 4. The number of methoxy groups -OCH3 is 1. The summed E-state index contributed by atoms with van der Waals surface area (Å²) in [7, 11) is 1.54. The van der Waals surface area contributed by atoms with E-state index in [0.717, 1.165) is 6.42 Å². The largest absolute Gasteiger partial charge is 0.392 e. The average Bonchev–Trinajstić information content (AvgIpc) is 2.47. The lowest BCUT2D eigenvalue weighted by molar-refractivity contribution is -0.141. The Bertz CT molecular complexity index is 362. The van der Waals surface area contributed by atoms with Crippen molar-refractivity contribution in [1.29, 1.82) is 0 Å². The van der Waals surface area contributed by atoms with Gasteiger partial charge in [0.1, 0.15) is 5.78 Å². The van der Waals surface area contributed by atoms with Crippen molar-refractivity contribution in [1.82, 2.24) is 0 Å². The number of Topliss-reactive ketones (excluding diaryl/α,β-unsaturated/α-hetero) is 1. The van der Waals surface area contributed by atoms with Gasteiger partial charge in [-0.05, 0) is 31.6 Å². The summed E-state index contributed by atoms with van der Waals surface area (Å²) in [6.07, 6.45) is 0.256. The molecule has 0 saturated heterocycles. The quantitative estimate of drug-likeness (QED) is 0.569. The van der Waals surface area contributed by atoms with E-state index >= 15 is 0 Å². The van der Waals surface area contributed by atoms with Crippen LogP contribution in [-0.2, 0) is 9.53 Å². The number of ketones is 1. The van der Waals surface area contributed by atoms with Crippen molar-refractivity contribution in [2.75, 3.05) is 7.11 Å². The molecule has 2 aliphatic carbocycles. The number of carbonyl (C=O) groups is 1. The maximum atomic E-state index is 12.3. The van der Waals surface area contributed by atoms with Crippen molar-refractivity contribution in [3.05, 3.63) is 0 Å². The zero-order valence-electron chi connectivity index (χ0n) is 13.1. The van der Waals surface area contributed by atoms with Gasteiger partial charge < -0.3 is 25.2 Å². The highest BCUT2D eigenvalue weighted by Crippen LogP contribution is 2.32. The van der Waals surface area contributed by atoms with Crippen LogP contribution in [0.1, 0.15) is 44.9 Å². The van der Waals surface area contributed by atoms with Crippen LogP contribution in [0.2, 0.25) is 0 Å². The normalized spacial score (nSPS) is 43.0. The molecule has 0 spiro atoms. The molecule has 22 heavy (non-hydrogen) atoms. The number of carbonyl (C=O) groups excluding carboxylic acids is 1. The van der Waals surface area contributed by atoms with Gasteiger partial charge in [0.25, 0.3) is 0 Å². The van der Waals surface area contributed by atoms with Crippen molar-refractivity contribution >= 4 is 5.78 Å². The van der Waals surface area contributed by atoms with Crippen LogP contribution in [0.4, 0.5) is 0 Å². The number of rotatable bonds is 5. The van der Waals surface area contributed by atoms with E-state index in [4.69, 9.17) is 4.74 Å². The summed E-state index contributed by atoms with van der Waals surface area (Å²) in [5.41, 5.74) is 0. The molecule has 2 aliphatic rings. The third-order valence-electron chi connectivity index (χ3n) is 5.23. The molecule has 5 unspecified atom stereocenters. The maximum absolute atomic E-state index is 12.3. The van der Waals surface area contributed by atoms with Gasteiger partial charge in [0.15, 0.2) is 0 Å². The Morgan fingerprint density at radius 1 is 0.955 bits per heavy atom. The topological polar surface area (TPSA) is 107 Å². The molecule has 2 saturated carbocycles. The third kappa shape index (κ3) is 4.26. The van der Waals surface area contributed by atoms with Crippen LogP contribution in [0.15, 0.2) is 0 Å². The van der Waals surface area contributed by atoms with Gasteiger partial charge in [-0.3, -0.25) is 4.79 Å². The van der Waals surface area contributed by atoms with Gasteiger partial charge in [-0.1, -0.05) is 0 Å². The lowest BCUT2D eigenvalue weighted by Gasteiger charge is -2.36. The first-order chi connectivity index (χ1) is 10.4. The van der Waals surface area contributed by atoms with Crippen LogP contribution in [-0.4, -0.2) is 63.8 Å². The van der Waals surface area contributed by atoms with Crippen LogP contribution >= 0.6 is 0 Å². The van der Waals surface area contributed by atoms with Gasteiger partial charge in [-0.2, -0.15) is 0 Å². The van der Waals surface area contributed by atoms with Gasteiger partial charge in [0, 0.05) is 26.4 Å². The van der Waals surface area contributed by atoms with E-state index in [2.05, 4.69) is 0 Å². The van der Waals surface area contributed by atoms with Crippen LogP contribution in [0.5, 0.6) is 0 Å². The van der Waals surface area contributed by atoms with Crippen LogP contribution in [0.25, 0.3) is 0 Å². The van der Waals surface area contributed by atoms with Gasteiger partial charge in [0.05, 0.1) is 36.4 Å². The second-order valence-electron chi connectivity index (χ2n) is 6.81. The molecule has 4 N–H and O–H groups in total. The molecule has 2 fully saturated rings. The Hall–Kier alpha value is -0.530. The first-order valence-electron chi connectivity index (χ1n) is 8.20. The molecule has 0 aromatic heterocycles. The van der Waals surface area contributed by atoms with E-state index in [-0.39, 0.29) is 17.8 Å². The van der Waals surface area contributed by atoms with E-state index in [1.807, 2.05) is 0 Å². The molecule has 6 nitrogen and oxygen atoms in total. The SMILES string of the molecule is COC1CC(O)C(C(=O)CCC2CCC(O)C(O)C2)C(O)C1. The van der Waals surface area contributed by atoms with Gasteiger partial charge in [-0.25, -0.2) is 0 Å². The molecule has 2 rings (SSSR count). The summed E-state index contributed by atoms with van der Waals surface area (Å²) in [4.78, 5) is 12.3. The summed E-state index contributed by atoms with van der Waals surface area (Å²) >= 11 is 0. The highest BCUT2D eigenvalue weighted by Gasteiger charge is 2.40. The molecule has 0 heterocycles. The fraction of sp³-hybridized carbons (Fsp3) is 0.938. The van der Waals surface area contributed by atoms with Crippen molar-refractivity contribution in [2.45, 2.75) is 75.5 Å². The molecule has 0 bridgehead atoms. The summed E-state index contributed by atoms with van der Waals surface area (Å²) in [5, 5.41) is 39.4. The molecule has 5 atom stereocenters. The second-order valence-corrected chi connectivity index (χ2v) is 6.81. The van der Waals surface area contributed by atoms with E-state index in [1.54, 1.807) is 0 Å². The van der Waals surface area contributed by atoms with E-state index in [9.17, 15) is 25.2 Å². The van der Waals surface area contributed by atoms with Gasteiger partial charge >= 0.3 is 0 Å². The standard InChI is InChI=1S/C16H28O6/c1-22-10-7-14(20)16(15(21)8-10)12(18)5-3-9-2-4-11(17)13(19)6-9/h9-11,13-17,19-21H,2-8H2,1H3. The highest BCUT2D eigenvalue weighted by atomic mass is 16.5. The summed E-state index contributed by atoms with van der Waals surface area (Å²) in [6, 6.07) is 0. The minimum Gasteiger partial charge on any atom is -0.392 e. The van der Waals surface area contributed by atoms with E-state index in [1.165, 1.54) is 7.11 Å². The van der Waals surface area contributed by atoms with E-state index in [0.29, 0.717) is 38.5 Å². The van der Waals surface area contributed by atoms with Gasteiger partial charge in [0.2, 0.25) is 0 Å². The molecule has 6 heteroatoms. The van der Waals surface area contributed by atoms with Crippen LogP contribution in [0, 0.1) is 11.8 Å². The number of hydrogen-bond acceptors (Lipinski definition) is 6. The van der Waals surface area contributed by atoms with Crippen molar-refractivity contribution < 1.29 is 30.0 Å². The zero-order chi connectivity index (χ0) is 16.3. The van der Waals surface area contributed by atoms with Crippen LogP contribution in [0.3, 0.4) is 0 Å². The smallest absolute Gasteiger partial charge is 0.141 e. The van der Waals surface area contributed by atoms with Crippen molar-refractivity contribution in [2.24, 2.45) is 11.8 Å². The first-order valence-corrected chi connectivity index (χ1v) is 8.20. The van der Waals surface area contributed by atoms with E-state index < -0.39 is 30.3 Å². The predicted molar refractivity (Wildman–Crippen MR) is 79.1 cm³/mol. The number of aliphatic hydroxyl groups is 4. The molecule has 128 valence electrons.